The van der Waals surface area contributed by atoms with Crippen molar-refractivity contribution in [3.63, 3.8) is 0 Å². The van der Waals surface area contributed by atoms with Gasteiger partial charge in [0.05, 0.1) is 17.6 Å². The number of Topliss-reactive ketones (excluding diaryl/α,β-unsaturated/α-hetero) is 1. The summed E-state index contributed by atoms with van der Waals surface area (Å²) in [6.45, 7) is 4.69. The summed E-state index contributed by atoms with van der Waals surface area (Å²) in [7, 11) is 0. The number of aryl methyl sites for hydroxylation is 3. The first-order chi connectivity index (χ1) is 15.9. The highest BCUT2D eigenvalue weighted by Crippen LogP contribution is 2.19. The minimum absolute atomic E-state index is 0.000723. The molecule has 4 rings (SSSR count). The molecular formula is C27H26ClN3O2. The molecule has 0 atom stereocenters. The summed E-state index contributed by atoms with van der Waals surface area (Å²) in [4.78, 5) is 30.2. The van der Waals surface area contributed by atoms with Crippen LogP contribution in [-0.2, 0) is 13.0 Å². The molecule has 0 saturated carbocycles. The molecule has 0 saturated heterocycles. The van der Waals surface area contributed by atoms with Crippen LogP contribution in [0, 0.1) is 13.8 Å². The number of ketones is 1. The van der Waals surface area contributed by atoms with Gasteiger partial charge in [0.15, 0.2) is 5.78 Å². The number of carbonyl (C=O) groups excluding carboxylic acids is 2. The van der Waals surface area contributed by atoms with Crippen molar-refractivity contribution < 1.29 is 9.59 Å². The van der Waals surface area contributed by atoms with E-state index in [0.29, 0.717) is 29.1 Å². The van der Waals surface area contributed by atoms with Crippen LogP contribution in [0.5, 0.6) is 0 Å². The van der Waals surface area contributed by atoms with Crippen LogP contribution in [0.1, 0.15) is 44.1 Å². The molecule has 4 aromatic rings. The number of amides is 1. The lowest BCUT2D eigenvalue weighted by molar-refractivity contribution is 0.0950. The second-order valence-electron chi connectivity index (χ2n) is 8.21. The average molecular weight is 460 g/mol. The summed E-state index contributed by atoms with van der Waals surface area (Å²) >= 11 is 5.95. The molecule has 1 aromatic heterocycles. The first-order valence-corrected chi connectivity index (χ1v) is 11.4. The van der Waals surface area contributed by atoms with Gasteiger partial charge in [-0.25, -0.2) is 4.98 Å². The lowest BCUT2D eigenvalue weighted by Gasteiger charge is -2.10. The summed E-state index contributed by atoms with van der Waals surface area (Å²) in [6.07, 6.45) is 1.37. The normalized spacial score (nSPS) is 11.0. The van der Waals surface area contributed by atoms with E-state index in [4.69, 9.17) is 16.6 Å². The van der Waals surface area contributed by atoms with Crippen LogP contribution >= 0.6 is 11.6 Å². The quantitative estimate of drug-likeness (QED) is 0.277. The number of para-hydroxylation sites is 2. The van der Waals surface area contributed by atoms with Crippen LogP contribution in [0.4, 0.5) is 0 Å². The number of imidazole rings is 1. The van der Waals surface area contributed by atoms with E-state index in [1.807, 2.05) is 60.9 Å². The molecule has 1 N–H and O–H groups in total. The molecular weight excluding hydrogens is 434 g/mol. The molecule has 3 aromatic carbocycles. The Labute approximate surface area is 198 Å². The molecule has 0 spiro atoms. The van der Waals surface area contributed by atoms with Crippen molar-refractivity contribution in [2.45, 2.75) is 33.2 Å². The number of hydrogen-bond donors (Lipinski definition) is 1. The van der Waals surface area contributed by atoms with Crippen LogP contribution in [-0.4, -0.2) is 27.8 Å². The third kappa shape index (κ3) is 5.32. The fourth-order valence-electron chi connectivity index (χ4n) is 3.98. The minimum atomic E-state index is -0.0704. The van der Waals surface area contributed by atoms with Gasteiger partial charge in [0.2, 0.25) is 0 Å². The molecule has 1 amide bonds. The zero-order valence-corrected chi connectivity index (χ0v) is 19.5. The van der Waals surface area contributed by atoms with E-state index in [-0.39, 0.29) is 18.2 Å². The molecule has 0 unspecified atom stereocenters. The SMILES string of the molecule is Cc1ccc(C(=O)NCCCc2nc3ccccc3n2CC(=O)c2ccc(Cl)cc2)c(C)c1. The van der Waals surface area contributed by atoms with Gasteiger partial charge < -0.3 is 9.88 Å². The lowest BCUT2D eigenvalue weighted by atomic mass is 10.1. The molecule has 0 aliphatic rings. The van der Waals surface area contributed by atoms with Crippen molar-refractivity contribution >= 4 is 34.3 Å². The highest BCUT2D eigenvalue weighted by atomic mass is 35.5. The van der Waals surface area contributed by atoms with Crippen molar-refractivity contribution in [1.82, 2.24) is 14.9 Å². The number of hydrogen-bond acceptors (Lipinski definition) is 3. The van der Waals surface area contributed by atoms with Crippen LogP contribution in [0.3, 0.4) is 0 Å². The Morgan fingerprint density at radius 3 is 2.52 bits per heavy atom. The van der Waals surface area contributed by atoms with E-state index in [0.717, 1.165) is 34.4 Å². The molecule has 0 radical (unpaired) electrons. The number of nitrogens with zero attached hydrogens (tertiary/aromatic N) is 2. The van der Waals surface area contributed by atoms with Gasteiger partial charge in [0.1, 0.15) is 5.82 Å². The maximum atomic E-state index is 12.9. The standard InChI is InChI=1S/C27H26ClN3O2/c1-18-9-14-22(19(2)16-18)27(33)29-15-5-8-26-30-23-6-3-4-7-24(23)31(26)17-25(32)20-10-12-21(28)13-11-20/h3-4,6-7,9-14,16H,5,8,15,17H2,1-2H3,(H,29,33). The summed E-state index contributed by atoms with van der Waals surface area (Å²) < 4.78 is 1.97. The largest absolute Gasteiger partial charge is 0.352 e. The predicted molar refractivity (Wildman–Crippen MR) is 132 cm³/mol. The van der Waals surface area contributed by atoms with Gasteiger partial charge in [-0.1, -0.05) is 41.4 Å². The minimum Gasteiger partial charge on any atom is -0.352 e. The van der Waals surface area contributed by atoms with Gasteiger partial charge in [0, 0.05) is 29.1 Å². The van der Waals surface area contributed by atoms with Crippen molar-refractivity contribution in [2.24, 2.45) is 0 Å². The highest BCUT2D eigenvalue weighted by Gasteiger charge is 2.15. The number of halogens is 1. The number of fused-ring (bicyclic) bond motifs is 1. The molecule has 1 heterocycles. The highest BCUT2D eigenvalue weighted by molar-refractivity contribution is 6.30. The van der Waals surface area contributed by atoms with Crippen molar-refractivity contribution in [3.8, 4) is 0 Å². The summed E-state index contributed by atoms with van der Waals surface area (Å²) in [6, 6.07) is 20.6. The molecule has 0 aliphatic carbocycles. The van der Waals surface area contributed by atoms with Crippen LogP contribution in [0.15, 0.2) is 66.7 Å². The van der Waals surface area contributed by atoms with Gasteiger partial charge in [0.25, 0.3) is 5.91 Å². The Morgan fingerprint density at radius 1 is 1.00 bits per heavy atom. The monoisotopic (exact) mass is 459 g/mol. The zero-order chi connectivity index (χ0) is 23.4. The van der Waals surface area contributed by atoms with Crippen LogP contribution in [0.2, 0.25) is 5.02 Å². The Hall–Kier alpha value is -3.44. The van der Waals surface area contributed by atoms with Crippen molar-refractivity contribution in [2.75, 3.05) is 6.54 Å². The van der Waals surface area contributed by atoms with Crippen molar-refractivity contribution in [1.29, 1.82) is 0 Å². The summed E-state index contributed by atoms with van der Waals surface area (Å²) in [5.41, 5.74) is 5.20. The molecule has 0 aliphatic heterocycles. The summed E-state index contributed by atoms with van der Waals surface area (Å²) in [5.74, 6) is 0.761. The predicted octanol–water partition coefficient (Wildman–Crippen LogP) is 5.55. The lowest BCUT2D eigenvalue weighted by Crippen LogP contribution is -2.25. The van der Waals surface area contributed by atoms with Gasteiger partial charge in [-0.05, 0) is 68.3 Å². The topological polar surface area (TPSA) is 64.0 Å². The molecule has 5 nitrogen and oxygen atoms in total. The Morgan fingerprint density at radius 2 is 1.76 bits per heavy atom. The smallest absolute Gasteiger partial charge is 0.251 e. The fourth-order valence-corrected chi connectivity index (χ4v) is 4.10. The third-order valence-corrected chi connectivity index (χ3v) is 5.94. The Kier molecular flexibility index (Phi) is 6.90. The third-order valence-electron chi connectivity index (χ3n) is 5.69. The second-order valence-corrected chi connectivity index (χ2v) is 8.65. The molecule has 6 heteroatoms. The molecule has 0 bridgehead atoms. The second kappa shape index (κ2) is 10.0. The molecule has 33 heavy (non-hydrogen) atoms. The fraction of sp³-hybridized carbons (Fsp3) is 0.222. The summed E-state index contributed by atoms with van der Waals surface area (Å²) in [5, 5.41) is 3.60. The number of benzene rings is 3. The van der Waals surface area contributed by atoms with E-state index >= 15 is 0 Å². The number of carbonyl (C=O) groups is 2. The number of nitrogens with one attached hydrogen (secondary N) is 1. The van der Waals surface area contributed by atoms with Crippen LogP contribution in [0.25, 0.3) is 11.0 Å². The molecule has 0 fully saturated rings. The van der Waals surface area contributed by atoms with Gasteiger partial charge >= 0.3 is 0 Å². The first kappa shape index (κ1) is 22.7. The maximum Gasteiger partial charge on any atom is 0.251 e. The van der Waals surface area contributed by atoms with Gasteiger partial charge in [-0.3, -0.25) is 9.59 Å². The average Bonchev–Trinajstić information content (AvgIpc) is 3.14. The Balaban J connectivity index is 1.44. The van der Waals surface area contributed by atoms with Crippen LogP contribution < -0.4 is 5.32 Å². The van der Waals surface area contributed by atoms with Crippen molar-refractivity contribution in [3.05, 3.63) is 99.8 Å². The van der Waals surface area contributed by atoms with E-state index in [9.17, 15) is 9.59 Å². The molecule has 168 valence electrons. The van der Waals surface area contributed by atoms with E-state index < -0.39 is 0 Å². The van der Waals surface area contributed by atoms with Gasteiger partial charge in [-0.15, -0.1) is 0 Å². The zero-order valence-electron chi connectivity index (χ0n) is 18.8. The van der Waals surface area contributed by atoms with E-state index in [1.54, 1.807) is 24.3 Å². The number of rotatable bonds is 8. The van der Waals surface area contributed by atoms with E-state index in [2.05, 4.69) is 5.32 Å². The van der Waals surface area contributed by atoms with E-state index in [1.165, 1.54) is 0 Å². The first-order valence-electron chi connectivity index (χ1n) is 11.0. The Bertz CT molecular complexity index is 1310. The van der Waals surface area contributed by atoms with Gasteiger partial charge in [-0.2, -0.15) is 0 Å². The maximum absolute atomic E-state index is 12.9. The number of aromatic nitrogens is 2.